The summed E-state index contributed by atoms with van der Waals surface area (Å²) >= 11 is 0. The molecule has 6 nitrogen and oxygen atoms in total. The number of hydrogen-bond donors (Lipinski definition) is 2. The zero-order valence-corrected chi connectivity index (χ0v) is 13.2. The first-order valence-corrected chi connectivity index (χ1v) is 8.61. The topological polar surface area (TPSA) is 78.5 Å². The fourth-order valence-corrected chi connectivity index (χ4v) is 2.74. The van der Waals surface area contributed by atoms with E-state index in [4.69, 9.17) is 0 Å². The van der Waals surface area contributed by atoms with Crippen LogP contribution in [0.15, 0.2) is 0 Å². The monoisotopic (exact) mass is 293 g/mol. The first-order chi connectivity index (χ1) is 8.81. The van der Waals surface area contributed by atoms with Crippen molar-refractivity contribution >= 4 is 15.9 Å². The minimum absolute atomic E-state index is 0.00384. The molecule has 1 atom stereocenters. The molecule has 7 heteroatoms. The molecular weight excluding hydrogens is 266 g/mol. The van der Waals surface area contributed by atoms with Gasteiger partial charge in [-0.25, -0.2) is 12.7 Å². The number of rotatable bonds is 10. The quantitative estimate of drug-likeness (QED) is 0.563. The van der Waals surface area contributed by atoms with Gasteiger partial charge in [0, 0.05) is 32.1 Å². The van der Waals surface area contributed by atoms with Gasteiger partial charge in [0.1, 0.15) is 0 Å². The minimum Gasteiger partial charge on any atom is -0.356 e. The average molecular weight is 293 g/mol. The third-order valence-electron chi connectivity index (χ3n) is 2.77. The SMILES string of the molecule is CCNC(C)CC(=O)NCCCN(CC)S(C)(=O)=O. The molecule has 0 rings (SSSR count). The fourth-order valence-electron chi connectivity index (χ4n) is 1.81. The van der Waals surface area contributed by atoms with Gasteiger partial charge < -0.3 is 10.6 Å². The van der Waals surface area contributed by atoms with E-state index in [2.05, 4.69) is 10.6 Å². The molecule has 0 fully saturated rings. The first-order valence-electron chi connectivity index (χ1n) is 6.76. The molecule has 0 aromatic heterocycles. The summed E-state index contributed by atoms with van der Waals surface area (Å²) in [6.45, 7) is 8.02. The standard InChI is InChI=1S/C12H27N3O3S/c1-5-13-11(3)10-12(16)14-8-7-9-15(6-2)19(4,17)18/h11,13H,5-10H2,1-4H3,(H,14,16). The van der Waals surface area contributed by atoms with E-state index in [-0.39, 0.29) is 11.9 Å². The van der Waals surface area contributed by atoms with Crippen LogP contribution >= 0.6 is 0 Å². The number of hydrogen-bond acceptors (Lipinski definition) is 4. The fraction of sp³-hybridized carbons (Fsp3) is 0.917. The Balaban J connectivity index is 3.83. The van der Waals surface area contributed by atoms with Gasteiger partial charge in [-0.1, -0.05) is 13.8 Å². The Hall–Kier alpha value is -0.660. The van der Waals surface area contributed by atoms with Crippen molar-refractivity contribution in [1.29, 1.82) is 0 Å². The maximum atomic E-state index is 11.6. The Labute approximate surface area is 117 Å². The molecule has 0 saturated carbocycles. The lowest BCUT2D eigenvalue weighted by Gasteiger charge is -2.18. The predicted octanol–water partition coefficient (Wildman–Crippen LogP) is 0.162. The molecular formula is C12H27N3O3S. The maximum Gasteiger partial charge on any atom is 0.221 e. The zero-order valence-electron chi connectivity index (χ0n) is 12.4. The molecule has 0 aromatic carbocycles. The molecule has 0 heterocycles. The summed E-state index contributed by atoms with van der Waals surface area (Å²) in [7, 11) is -3.13. The highest BCUT2D eigenvalue weighted by molar-refractivity contribution is 7.88. The molecule has 114 valence electrons. The van der Waals surface area contributed by atoms with E-state index in [1.54, 1.807) is 6.92 Å². The molecule has 0 saturated heterocycles. The molecule has 1 amide bonds. The number of carbonyl (C=O) groups is 1. The Morgan fingerprint density at radius 1 is 1.32 bits per heavy atom. The second kappa shape index (κ2) is 9.28. The van der Waals surface area contributed by atoms with Crippen LogP contribution in [0.25, 0.3) is 0 Å². The number of carbonyl (C=O) groups excluding carboxylic acids is 1. The Bertz CT molecular complexity index is 357. The molecule has 19 heavy (non-hydrogen) atoms. The highest BCUT2D eigenvalue weighted by atomic mass is 32.2. The summed E-state index contributed by atoms with van der Waals surface area (Å²) in [4.78, 5) is 11.6. The Morgan fingerprint density at radius 2 is 1.95 bits per heavy atom. The van der Waals surface area contributed by atoms with Gasteiger partial charge in [-0.2, -0.15) is 0 Å². The van der Waals surface area contributed by atoms with Crippen molar-refractivity contribution in [2.75, 3.05) is 32.4 Å². The highest BCUT2D eigenvalue weighted by Gasteiger charge is 2.13. The van der Waals surface area contributed by atoms with Gasteiger partial charge in [-0.3, -0.25) is 4.79 Å². The van der Waals surface area contributed by atoms with Gasteiger partial charge in [0.05, 0.1) is 6.26 Å². The molecule has 1 unspecified atom stereocenters. The minimum atomic E-state index is -3.13. The summed E-state index contributed by atoms with van der Waals surface area (Å²) in [6, 6.07) is 0.160. The van der Waals surface area contributed by atoms with Crippen LogP contribution in [0.3, 0.4) is 0 Å². The van der Waals surface area contributed by atoms with Crippen LogP contribution in [0.2, 0.25) is 0 Å². The van der Waals surface area contributed by atoms with Gasteiger partial charge in [-0.15, -0.1) is 0 Å². The van der Waals surface area contributed by atoms with Crippen molar-refractivity contribution in [3.05, 3.63) is 0 Å². The molecule has 0 aliphatic carbocycles. The van der Waals surface area contributed by atoms with Gasteiger partial charge in [0.25, 0.3) is 0 Å². The Kier molecular flexibility index (Phi) is 8.95. The summed E-state index contributed by atoms with van der Waals surface area (Å²) in [5.41, 5.74) is 0. The summed E-state index contributed by atoms with van der Waals surface area (Å²) in [5, 5.41) is 5.97. The van der Waals surface area contributed by atoms with Crippen LogP contribution in [0.4, 0.5) is 0 Å². The second-order valence-electron chi connectivity index (χ2n) is 4.62. The highest BCUT2D eigenvalue weighted by Crippen LogP contribution is 1.98. The van der Waals surface area contributed by atoms with Crippen LogP contribution in [-0.2, 0) is 14.8 Å². The predicted molar refractivity (Wildman–Crippen MR) is 77.5 cm³/mol. The molecule has 0 spiro atoms. The van der Waals surface area contributed by atoms with Crippen molar-refractivity contribution in [1.82, 2.24) is 14.9 Å². The number of amides is 1. The number of nitrogens with one attached hydrogen (secondary N) is 2. The maximum absolute atomic E-state index is 11.6. The van der Waals surface area contributed by atoms with E-state index in [0.717, 1.165) is 6.54 Å². The average Bonchev–Trinajstić information content (AvgIpc) is 2.27. The molecule has 0 aliphatic heterocycles. The van der Waals surface area contributed by atoms with Crippen molar-refractivity contribution in [3.8, 4) is 0 Å². The molecule has 0 radical (unpaired) electrons. The molecule has 0 aliphatic rings. The molecule has 2 N–H and O–H groups in total. The van der Waals surface area contributed by atoms with Gasteiger partial charge in [-0.05, 0) is 19.9 Å². The summed E-state index contributed by atoms with van der Waals surface area (Å²) in [6.07, 6.45) is 2.27. The van der Waals surface area contributed by atoms with E-state index in [1.807, 2.05) is 13.8 Å². The van der Waals surface area contributed by atoms with Crippen LogP contribution in [0.5, 0.6) is 0 Å². The van der Waals surface area contributed by atoms with Crippen LogP contribution in [-0.4, -0.2) is 57.1 Å². The lowest BCUT2D eigenvalue weighted by molar-refractivity contribution is -0.121. The van der Waals surface area contributed by atoms with E-state index in [0.29, 0.717) is 32.5 Å². The van der Waals surface area contributed by atoms with Gasteiger partial charge in [0.15, 0.2) is 0 Å². The van der Waals surface area contributed by atoms with Crippen molar-refractivity contribution in [2.45, 2.75) is 39.7 Å². The van der Waals surface area contributed by atoms with Crippen molar-refractivity contribution < 1.29 is 13.2 Å². The van der Waals surface area contributed by atoms with Crippen LogP contribution in [0, 0.1) is 0 Å². The van der Waals surface area contributed by atoms with Crippen molar-refractivity contribution in [3.63, 3.8) is 0 Å². The van der Waals surface area contributed by atoms with E-state index in [9.17, 15) is 13.2 Å². The molecule has 0 aromatic rings. The van der Waals surface area contributed by atoms with Gasteiger partial charge >= 0.3 is 0 Å². The van der Waals surface area contributed by atoms with E-state index >= 15 is 0 Å². The normalized spacial score (nSPS) is 13.5. The van der Waals surface area contributed by atoms with E-state index < -0.39 is 10.0 Å². The number of nitrogens with zero attached hydrogens (tertiary/aromatic N) is 1. The largest absolute Gasteiger partial charge is 0.356 e. The zero-order chi connectivity index (χ0) is 14.9. The number of sulfonamides is 1. The lowest BCUT2D eigenvalue weighted by atomic mass is 10.2. The first kappa shape index (κ1) is 18.3. The summed E-state index contributed by atoms with van der Waals surface area (Å²) in [5.74, 6) is -0.00384. The third-order valence-corrected chi connectivity index (χ3v) is 4.15. The molecule has 0 bridgehead atoms. The third kappa shape index (κ3) is 8.96. The van der Waals surface area contributed by atoms with E-state index in [1.165, 1.54) is 10.6 Å². The van der Waals surface area contributed by atoms with Crippen molar-refractivity contribution in [2.24, 2.45) is 0 Å². The second-order valence-corrected chi connectivity index (χ2v) is 6.60. The smallest absolute Gasteiger partial charge is 0.221 e. The summed E-state index contributed by atoms with van der Waals surface area (Å²) < 4.78 is 24.1. The lowest BCUT2D eigenvalue weighted by Crippen LogP contribution is -2.36. The van der Waals surface area contributed by atoms with Crippen LogP contribution < -0.4 is 10.6 Å². The Morgan fingerprint density at radius 3 is 2.42 bits per heavy atom. The van der Waals surface area contributed by atoms with Gasteiger partial charge in [0.2, 0.25) is 15.9 Å². The van der Waals surface area contributed by atoms with Crippen LogP contribution in [0.1, 0.15) is 33.6 Å².